The van der Waals surface area contributed by atoms with Crippen molar-refractivity contribution in [3.8, 4) is 5.75 Å². The molecule has 0 bridgehead atoms. The molecule has 0 amide bonds. The van der Waals surface area contributed by atoms with E-state index in [0.29, 0.717) is 5.56 Å². The molecule has 2 aromatic rings. The minimum absolute atomic E-state index is 0.00537. The molecular weight excluding hydrogens is 344 g/mol. The van der Waals surface area contributed by atoms with E-state index in [2.05, 4.69) is 4.74 Å². The molecule has 0 saturated heterocycles. The van der Waals surface area contributed by atoms with E-state index in [-0.39, 0.29) is 30.1 Å². The average molecular weight is 362 g/mol. The summed E-state index contributed by atoms with van der Waals surface area (Å²) < 4.78 is 15.2. The van der Waals surface area contributed by atoms with Crippen LogP contribution in [0.2, 0.25) is 0 Å². The monoisotopic (exact) mass is 362 g/mol. The number of carbonyl (C=O) groups excluding carboxylic acids is 1. The highest BCUT2D eigenvalue weighted by molar-refractivity contribution is 5.87. The lowest BCUT2D eigenvalue weighted by Gasteiger charge is -2.17. The number of hydrogen-bond acceptors (Lipinski definition) is 7. The third kappa shape index (κ3) is 4.28. The van der Waals surface area contributed by atoms with Gasteiger partial charge in [-0.15, -0.1) is 0 Å². The Balaban J connectivity index is 2.56. The molecule has 2 N–H and O–H groups in total. The van der Waals surface area contributed by atoms with Gasteiger partial charge in [-0.25, -0.2) is 4.79 Å². The second-order valence-electron chi connectivity index (χ2n) is 5.48. The van der Waals surface area contributed by atoms with Gasteiger partial charge < -0.3 is 24.1 Å². The Morgan fingerprint density at radius 3 is 2.38 bits per heavy atom. The van der Waals surface area contributed by atoms with Crippen molar-refractivity contribution >= 4 is 11.9 Å². The number of benzene rings is 1. The lowest BCUT2D eigenvalue weighted by Crippen LogP contribution is -2.14. The quantitative estimate of drug-likeness (QED) is 0.716. The van der Waals surface area contributed by atoms with Crippen molar-refractivity contribution in [2.45, 2.75) is 18.9 Å². The predicted molar refractivity (Wildman–Crippen MR) is 89.2 cm³/mol. The van der Waals surface area contributed by atoms with Crippen molar-refractivity contribution in [2.24, 2.45) is 0 Å². The number of carboxylic acid groups (broad SMARTS) is 1. The van der Waals surface area contributed by atoms with Crippen molar-refractivity contribution in [1.82, 2.24) is 0 Å². The van der Waals surface area contributed by atoms with E-state index in [0.717, 1.165) is 6.07 Å². The Morgan fingerprint density at radius 1 is 1.19 bits per heavy atom. The summed E-state index contributed by atoms with van der Waals surface area (Å²) in [5, 5.41) is 19.2. The van der Waals surface area contributed by atoms with Crippen LogP contribution in [-0.2, 0) is 20.9 Å². The highest BCUT2D eigenvalue weighted by atomic mass is 16.5. The van der Waals surface area contributed by atoms with Crippen LogP contribution in [0.15, 0.2) is 39.5 Å². The van der Waals surface area contributed by atoms with E-state index in [1.165, 1.54) is 38.5 Å². The van der Waals surface area contributed by atoms with Gasteiger partial charge in [-0.3, -0.25) is 9.59 Å². The molecule has 8 heteroatoms. The normalized spacial score (nSPS) is 11.8. The van der Waals surface area contributed by atoms with Gasteiger partial charge in [-0.1, -0.05) is 12.1 Å². The standard InChI is InChI=1S/C18H18O8/c1-24-9-12-7-14(19)16(21)17(26-12)13(8-15(20)25-2)10-3-5-11(6-4-10)18(22)23/h3-7,13,21H,8-9H2,1-2H3,(H,22,23)/t13-/m1/s1. The fraction of sp³-hybridized carbons (Fsp3) is 0.278. The summed E-state index contributed by atoms with van der Waals surface area (Å²) in [6, 6.07) is 6.79. The zero-order chi connectivity index (χ0) is 19.3. The number of esters is 1. The van der Waals surface area contributed by atoms with Gasteiger partial charge in [-0.2, -0.15) is 0 Å². The first-order valence-corrected chi connectivity index (χ1v) is 7.62. The fourth-order valence-corrected chi connectivity index (χ4v) is 2.47. The van der Waals surface area contributed by atoms with E-state index in [9.17, 15) is 19.5 Å². The molecule has 1 aromatic carbocycles. The largest absolute Gasteiger partial charge is 0.502 e. The predicted octanol–water partition coefficient (Wildman–Crippen LogP) is 1.89. The second-order valence-corrected chi connectivity index (χ2v) is 5.48. The lowest BCUT2D eigenvalue weighted by atomic mass is 9.91. The zero-order valence-corrected chi connectivity index (χ0v) is 14.2. The highest BCUT2D eigenvalue weighted by Gasteiger charge is 2.26. The van der Waals surface area contributed by atoms with Crippen LogP contribution in [0.3, 0.4) is 0 Å². The smallest absolute Gasteiger partial charge is 0.335 e. The summed E-state index contributed by atoms with van der Waals surface area (Å²) in [6.45, 7) is 0.00537. The SMILES string of the molecule is COCc1cc(=O)c(O)c([C@H](CC(=O)OC)c2ccc(C(=O)O)cc2)o1. The van der Waals surface area contributed by atoms with Crippen molar-refractivity contribution in [1.29, 1.82) is 0 Å². The van der Waals surface area contributed by atoms with Gasteiger partial charge >= 0.3 is 11.9 Å². The molecule has 0 aliphatic heterocycles. The number of hydrogen-bond donors (Lipinski definition) is 2. The van der Waals surface area contributed by atoms with Gasteiger partial charge in [0.05, 0.1) is 25.0 Å². The fourth-order valence-electron chi connectivity index (χ4n) is 2.47. The maximum absolute atomic E-state index is 12.0. The summed E-state index contributed by atoms with van der Waals surface area (Å²) in [5.74, 6) is -3.08. The summed E-state index contributed by atoms with van der Waals surface area (Å²) in [4.78, 5) is 34.8. The molecule has 0 aliphatic carbocycles. The van der Waals surface area contributed by atoms with Crippen LogP contribution in [-0.4, -0.2) is 36.4 Å². The summed E-state index contributed by atoms with van der Waals surface area (Å²) in [7, 11) is 2.63. The van der Waals surface area contributed by atoms with Gasteiger partial charge in [0.1, 0.15) is 12.4 Å². The number of carbonyl (C=O) groups is 2. The van der Waals surface area contributed by atoms with Crippen molar-refractivity contribution in [3.63, 3.8) is 0 Å². The van der Waals surface area contributed by atoms with E-state index >= 15 is 0 Å². The molecule has 2 rings (SSSR count). The van der Waals surface area contributed by atoms with Gasteiger partial charge in [0, 0.05) is 13.2 Å². The minimum Gasteiger partial charge on any atom is -0.502 e. The van der Waals surface area contributed by atoms with Crippen molar-refractivity contribution in [2.75, 3.05) is 14.2 Å². The first kappa shape index (κ1) is 19.2. The Labute approximate surface area is 148 Å². The topological polar surface area (TPSA) is 123 Å². The Morgan fingerprint density at radius 2 is 1.85 bits per heavy atom. The number of methoxy groups -OCH3 is 2. The molecule has 1 atom stereocenters. The van der Waals surface area contributed by atoms with Gasteiger partial charge in [0.25, 0.3) is 0 Å². The molecule has 0 fully saturated rings. The summed E-state index contributed by atoms with van der Waals surface area (Å²) in [6.07, 6.45) is -0.212. The Bertz CT molecular complexity index is 850. The number of aromatic hydroxyl groups is 1. The van der Waals surface area contributed by atoms with Crippen molar-refractivity contribution in [3.05, 3.63) is 63.2 Å². The summed E-state index contributed by atoms with van der Waals surface area (Å²) >= 11 is 0. The van der Waals surface area contributed by atoms with Crippen LogP contribution in [0.25, 0.3) is 0 Å². The first-order chi connectivity index (χ1) is 12.4. The maximum atomic E-state index is 12.0. The molecule has 1 heterocycles. The average Bonchev–Trinajstić information content (AvgIpc) is 2.63. The van der Waals surface area contributed by atoms with Crippen LogP contribution in [0.1, 0.15) is 39.8 Å². The van der Waals surface area contributed by atoms with Gasteiger partial charge in [0.2, 0.25) is 11.2 Å². The molecule has 0 spiro atoms. The van der Waals surface area contributed by atoms with Crippen LogP contribution in [0.4, 0.5) is 0 Å². The van der Waals surface area contributed by atoms with Crippen molar-refractivity contribution < 1.29 is 33.7 Å². The maximum Gasteiger partial charge on any atom is 0.335 e. The van der Waals surface area contributed by atoms with Crippen LogP contribution in [0.5, 0.6) is 5.75 Å². The lowest BCUT2D eigenvalue weighted by molar-refractivity contribution is -0.140. The van der Waals surface area contributed by atoms with Crippen LogP contribution < -0.4 is 5.43 Å². The van der Waals surface area contributed by atoms with E-state index in [4.69, 9.17) is 14.3 Å². The molecular formula is C18H18O8. The van der Waals surface area contributed by atoms with E-state index < -0.39 is 29.0 Å². The molecule has 26 heavy (non-hydrogen) atoms. The van der Waals surface area contributed by atoms with Gasteiger partial charge in [-0.05, 0) is 17.7 Å². The highest BCUT2D eigenvalue weighted by Crippen LogP contribution is 2.33. The van der Waals surface area contributed by atoms with Gasteiger partial charge in [0.15, 0.2) is 5.76 Å². The molecule has 8 nitrogen and oxygen atoms in total. The number of ether oxygens (including phenoxy) is 2. The molecule has 0 aliphatic rings. The first-order valence-electron chi connectivity index (χ1n) is 7.62. The van der Waals surface area contributed by atoms with E-state index in [1.54, 1.807) is 0 Å². The summed E-state index contributed by atoms with van der Waals surface area (Å²) in [5.41, 5.74) is -0.131. The molecule has 0 radical (unpaired) electrons. The van der Waals surface area contributed by atoms with E-state index in [1.807, 2.05) is 0 Å². The molecule has 138 valence electrons. The Hall–Kier alpha value is -3.13. The third-order valence-corrected chi connectivity index (χ3v) is 3.76. The minimum atomic E-state index is -1.10. The molecule has 0 saturated carbocycles. The molecule has 1 aromatic heterocycles. The number of rotatable bonds is 7. The third-order valence-electron chi connectivity index (χ3n) is 3.76. The van der Waals surface area contributed by atoms with Crippen LogP contribution >= 0.6 is 0 Å². The molecule has 0 unspecified atom stereocenters. The van der Waals surface area contributed by atoms with Crippen LogP contribution in [0, 0.1) is 0 Å². The second kappa shape index (κ2) is 8.30. The number of carboxylic acids is 1. The Kier molecular flexibility index (Phi) is 6.13. The zero-order valence-electron chi connectivity index (χ0n) is 14.2. The number of aromatic carboxylic acids is 1.